The molecule has 0 heterocycles. The van der Waals surface area contributed by atoms with Gasteiger partial charge in [-0.1, -0.05) is 27.5 Å². The first-order valence-corrected chi connectivity index (χ1v) is 5.71. The van der Waals surface area contributed by atoms with Crippen molar-refractivity contribution in [3.05, 3.63) is 21.6 Å². The third-order valence-corrected chi connectivity index (χ3v) is 2.89. The zero-order valence-corrected chi connectivity index (χ0v) is 10.1. The van der Waals surface area contributed by atoms with Crippen molar-refractivity contribution in [3.63, 3.8) is 0 Å². The van der Waals surface area contributed by atoms with E-state index in [1.807, 2.05) is 0 Å². The normalized spacial score (nSPS) is 15.1. The highest BCUT2D eigenvalue weighted by molar-refractivity contribution is 9.10. The van der Waals surface area contributed by atoms with E-state index >= 15 is 0 Å². The predicted molar refractivity (Wildman–Crippen MR) is 61.9 cm³/mol. The fraction of sp³-hybridized carbons (Fsp3) is 0.300. The number of hydrogen-bond donors (Lipinski definition) is 1. The summed E-state index contributed by atoms with van der Waals surface area (Å²) in [6.07, 6.45) is 1.79. The van der Waals surface area contributed by atoms with Crippen molar-refractivity contribution < 1.29 is 9.53 Å². The average molecular weight is 291 g/mol. The molecule has 2 N–H and O–H groups in total. The lowest BCUT2D eigenvalue weighted by molar-refractivity contribution is -0.135. The van der Waals surface area contributed by atoms with Gasteiger partial charge in [0.2, 0.25) is 0 Å². The molecule has 1 aliphatic carbocycles. The number of anilines is 1. The topological polar surface area (TPSA) is 52.3 Å². The number of hydrogen-bond acceptors (Lipinski definition) is 3. The number of carbonyl (C=O) groups is 1. The van der Waals surface area contributed by atoms with Gasteiger partial charge in [-0.3, -0.25) is 4.79 Å². The van der Waals surface area contributed by atoms with Crippen molar-refractivity contribution in [2.45, 2.75) is 12.8 Å². The molecule has 0 aliphatic heterocycles. The van der Waals surface area contributed by atoms with E-state index in [0.29, 0.717) is 10.7 Å². The number of benzene rings is 1. The number of carbonyl (C=O) groups excluding carboxylic acids is 1. The molecule has 2 rings (SSSR count). The fourth-order valence-corrected chi connectivity index (χ4v) is 2.06. The van der Waals surface area contributed by atoms with Crippen LogP contribution in [0.15, 0.2) is 16.6 Å². The Kier molecular flexibility index (Phi) is 2.89. The molecule has 1 aliphatic rings. The molecular formula is C10H9BrClNO2. The van der Waals surface area contributed by atoms with E-state index in [1.165, 1.54) is 0 Å². The van der Waals surface area contributed by atoms with Crippen LogP contribution in [0, 0.1) is 5.92 Å². The van der Waals surface area contributed by atoms with Crippen molar-refractivity contribution in [1.29, 1.82) is 0 Å². The summed E-state index contributed by atoms with van der Waals surface area (Å²) in [5.74, 6) is 0.0480. The maximum atomic E-state index is 11.4. The molecule has 0 unspecified atom stereocenters. The van der Waals surface area contributed by atoms with E-state index < -0.39 is 0 Å². The molecule has 5 heteroatoms. The summed E-state index contributed by atoms with van der Waals surface area (Å²) in [7, 11) is 0. The number of ether oxygens (including phenoxy) is 1. The third-order valence-electron chi connectivity index (χ3n) is 2.15. The second kappa shape index (κ2) is 4.02. The number of nitrogens with two attached hydrogens (primary N) is 1. The quantitative estimate of drug-likeness (QED) is 0.517. The Hall–Kier alpha value is -0.740. The molecule has 1 aromatic rings. The van der Waals surface area contributed by atoms with Crippen LogP contribution in [-0.4, -0.2) is 5.97 Å². The molecule has 3 nitrogen and oxygen atoms in total. The van der Waals surface area contributed by atoms with Gasteiger partial charge in [0.25, 0.3) is 0 Å². The molecule has 1 aromatic carbocycles. The van der Waals surface area contributed by atoms with Crippen LogP contribution in [0.25, 0.3) is 0 Å². The summed E-state index contributed by atoms with van der Waals surface area (Å²) in [5, 5.41) is 0.343. The van der Waals surface area contributed by atoms with E-state index in [1.54, 1.807) is 12.1 Å². The molecule has 0 bridgehead atoms. The zero-order valence-electron chi connectivity index (χ0n) is 7.80. The minimum Gasteiger partial charge on any atom is -0.422 e. The zero-order chi connectivity index (χ0) is 11.0. The Morgan fingerprint density at radius 1 is 1.53 bits per heavy atom. The van der Waals surface area contributed by atoms with Crippen LogP contribution in [0.5, 0.6) is 5.75 Å². The molecule has 0 radical (unpaired) electrons. The molecule has 0 atom stereocenters. The molecule has 0 saturated heterocycles. The Balaban J connectivity index is 2.23. The Morgan fingerprint density at radius 3 is 2.73 bits per heavy atom. The van der Waals surface area contributed by atoms with Gasteiger partial charge >= 0.3 is 5.97 Å². The highest BCUT2D eigenvalue weighted by atomic mass is 79.9. The van der Waals surface area contributed by atoms with Crippen LogP contribution in [0.4, 0.5) is 5.69 Å². The first-order chi connectivity index (χ1) is 7.08. The van der Waals surface area contributed by atoms with Gasteiger partial charge in [0.1, 0.15) is 0 Å². The third kappa shape index (κ3) is 2.44. The van der Waals surface area contributed by atoms with Crippen molar-refractivity contribution in [2.24, 2.45) is 5.92 Å². The highest BCUT2D eigenvalue weighted by Gasteiger charge is 2.32. The van der Waals surface area contributed by atoms with E-state index in [2.05, 4.69) is 15.9 Å². The summed E-state index contributed by atoms with van der Waals surface area (Å²) in [4.78, 5) is 11.4. The number of nitrogen functional groups attached to an aromatic ring is 1. The van der Waals surface area contributed by atoms with E-state index in [0.717, 1.165) is 17.3 Å². The van der Waals surface area contributed by atoms with E-state index in [4.69, 9.17) is 22.1 Å². The van der Waals surface area contributed by atoms with Gasteiger partial charge in [0.05, 0.1) is 16.6 Å². The Morgan fingerprint density at radius 2 is 2.20 bits per heavy atom. The lowest BCUT2D eigenvalue weighted by atomic mass is 10.3. The van der Waals surface area contributed by atoms with Crippen LogP contribution < -0.4 is 10.5 Å². The van der Waals surface area contributed by atoms with Crippen molar-refractivity contribution in [1.82, 2.24) is 0 Å². The SMILES string of the molecule is Nc1cc(Br)cc(Cl)c1OC(=O)C1CC1. The molecule has 0 aromatic heterocycles. The van der Waals surface area contributed by atoms with Crippen LogP contribution in [-0.2, 0) is 4.79 Å². The molecule has 1 fully saturated rings. The van der Waals surface area contributed by atoms with E-state index in [-0.39, 0.29) is 17.6 Å². The summed E-state index contributed by atoms with van der Waals surface area (Å²) >= 11 is 9.17. The summed E-state index contributed by atoms with van der Waals surface area (Å²) < 4.78 is 5.90. The predicted octanol–water partition coefficient (Wildman–Crippen LogP) is 3.00. The fourth-order valence-electron chi connectivity index (χ4n) is 1.19. The minimum absolute atomic E-state index is 0.0316. The standard InChI is InChI=1S/C10H9BrClNO2/c11-6-3-7(12)9(8(13)4-6)15-10(14)5-1-2-5/h3-5H,1-2,13H2. The van der Waals surface area contributed by atoms with Crippen LogP contribution in [0.1, 0.15) is 12.8 Å². The molecular weight excluding hydrogens is 281 g/mol. The molecule has 0 amide bonds. The second-order valence-corrected chi connectivity index (χ2v) is 4.82. The monoisotopic (exact) mass is 289 g/mol. The largest absolute Gasteiger partial charge is 0.422 e. The number of halogens is 2. The average Bonchev–Trinajstić information content (AvgIpc) is 2.93. The van der Waals surface area contributed by atoms with Crippen molar-refractivity contribution in [3.8, 4) is 5.75 Å². The minimum atomic E-state index is -0.245. The second-order valence-electron chi connectivity index (χ2n) is 3.50. The van der Waals surface area contributed by atoms with Gasteiger partial charge in [-0.05, 0) is 25.0 Å². The van der Waals surface area contributed by atoms with Gasteiger partial charge in [0.15, 0.2) is 5.75 Å². The maximum absolute atomic E-state index is 11.4. The first kappa shape index (κ1) is 10.8. The van der Waals surface area contributed by atoms with Gasteiger partial charge in [-0.2, -0.15) is 0 Å². The first-order valence-electron chi connectivity index (χ1n) is 4.54. The van der Waals surface area contributed by atoms with Gasteiger partial charge in [-0.15, -0.1) is 0 Å². The molecule has 80 valence electrons. The molecule has 1 saturated carbocycles. The number of esters is 1. The lowest BCUT2D eigenvalue weighted by Gasteiger charge is -2.08. The Labute approximate surface area is 101 Å². The molecule has 15 heavy (non-hydrogen) atoms. The summed E-state index contributed by atoms with van der Waals surface area (Å²) in [6, 6.07) is 3.30. The van der Waals surface area contributed by atoms with Gasteiger partial charge < -0.3 is 10.5 Å². The smallest absolute Gasteiger partial charge is 0.314 e. The van der Waals surface area contributed by atoms with Gasteiger partial charge in [0, 0.05) is 4.47 Å². The number of rotatable bonds is 2. The lowest BCUT2D eigenvalue weighted by Crippen LogP contribution is -2.11. The van der Waals surface area contributed by atoms with Crippen molar-refractivity contribution >= 4 is 39.2 Å². The summed E-state index contributed by atoms with van der Waals surface area (Å²) in [5.41, 5.74) is 6.06. The maximum Gasteiger partial charge on any atom is 0.314 e. The summed E-state index contributed by atoms with van der Waals surface area (Å²) in [6.45, 7) is 0. The van der Waals surface area contributed by atoms with E-state index in [9.17, 15) is 4.79 Å². The van der Waals surface area contributed by atoms with Gasteiger partial charge in [-0.25, -0.2) is 0 Å². The highest BCUT2D eigenvalue weighted by Crippen LogP contribution is 2.37. The van der Waals surface area contributed by atoms with Crippen LogP contribution in [0.3, 0.4) is 0 Å². The molecule has 0 spiro atoms. The van der Waals surface area contributed by atoms with Crippen LogP contribution in [0.2, 0.25) is 5.02 Å². The van der Waals surface area contributed by atoms with Crippen LogP contribution >= 0.6 is 27.5 Å². The van der Waals surface area contributed by atoms with Crippen molar-refractivity contribution in [2.75, 3.05) is 5.73 Å². The Bertz CT molecular complexity index is 395.